The summed E-state index contributed by atoms with van der Waals surface area (Å²) in [6.45, 7) is 5.79. The maximum atomic E-state index is 12.2. The number of carbonyl (C=O) groups excluding carboxylic acids is 1. The lowest BCUT2D eigenvalue weighted by molar-refractivity contribution is 0.0923. The molecule has 3 aromatic rings. The summed E-state index contributed by atoms with van der Waals surface area (Å²) in [4.78, 5) is 16.6. The third kappa shape index (κ3) is 4.76. The quantitative estimate of drug-likeness (QED) is 0.479. The zero-order chi connectivity index (χ0) is 21.7. The van der Waals surface area contributed by atoms with Gasteiger partial charge in [-0.15, -0.1) is 11.3 Å². The fraction of sp³-hybridized carbons (Fsp3) is 0.227. The van der Waals surface area contributed by atoms with E-state index in [2.05, 4.69) is 22.2 Å². The number of carbonyl (C=O) groups is 1. The Bertz CT molecular complexity index is 1130. The number of nitrogens with one attached hydrogen (secondary N) is 2. The minimum atomic E-state index is -0.619. The first-order valence-corrected chi connectivity index (χ1v) is 10.2. The fourth-order valence-electron chi connectivity index (χ4n) is 2.87. The highest BCUT2D eigenvalue weighted by Crippen LogP contribution is 2.36. The molecule has 8 heteroatoms. The molecule has 0 unspecified atom stereocenters. The second-order valence-electron chi connectivity index (χ2n) is 6.74. The highest BCUT2D eigenvalue weighted by Gasteiger charge is 2.14. The Hall–Kier alpha value is -3.41. The number of ether oxygens (including phenoxy) is 1. The number of hydrogen-bond acceptors (Lipinski definition) is 7. The Kier molecular flexibility index (Phi) is 6.67. The largest absolute Gasteiger partial charge is 0.495 e. The van der Waals surface area contributed by atoms with Crippen molar-refractivity contribution in [1.82, 2.24) is 10.3 Å². The SMILES string of the molecule is C=C(C#N)CNc1c(OC)ccc2ccc(-c3csc(C(=O)NC[C@H](C)O)n3)cc12. The molecule has 3 rings (SSSR count). The van der Waals surface area contributed by atoms with Gasteiger partial charge in [-0.1, -0.05) is 24.8 Å². The number of fused-ring (bicyclic) bond motifs is 1. The number of aromatic nitrogens is 1. The van der Waals surface area contributed by atoms with Gasteiger partial charge in [0.1, 0.15) is 5.75 Å². The van der Waals surface area contributed by atoms with E-state index in [4.69, 9.17) is 10.00 Å². The summed E-state index contributed by atoms with van der Waals surface area (Å²) < 4.78 is 5.48. The number of amides is 1. The molecular formula is C22H22N4O3S. The predicted octanol–water partition coefficient (Wildman–Crippen LogP) is 3.57. The molecule has 7 nitrogen and oxygen atoms in total. The van der Waals surface area contributed by atoms with Crippen molar-refractivity contribution in [3.05, 3.63) is 52.9 Å². The molecule has 0 bridgehead atoms. The highest BCUT2D eigenvalue weighted by molar-refractivity contribution is 7.12. The predicted molar refractivity (Wildman–Crippen MR) is 119 cm³/mol. The zero-order valence-electron chi connectivity index (χ0n) is 16.7. The molecule has 0 saturated heterocycles. The van der Waals surface area contributed by atoms with E-state index in [1.807, 2.05) is 41.8 Å². The summed E-state index contributed by atoms with van der Waals surface area (Å²) in [5.41, 5.74) is 2.71. The van der Waals surface area contributed by atoms with Crippen LogP contribution in [-0.2, 0) is 0 Å². The van der Waals surface area contributed by atoms with Crippen molar-refractivity contribution >= 4 is 33.7 Å². The number of methoxy groups -OCH3 is 1. The summed E-state index contributed by atoms with van der Waals surface area (Å²) in [5, 5.41) is 28.3. The van der Waals surface area contributed by atoms with Gasteiger partial charge in [0.05, 0.1) is 30.7 Å². The van der Waals surface area contributed by atoms with Crippen molar-refractivity contribution in [2.75, 3.05) is 25.5 Å². The second kappa shape index (κ2) is 9.39. The van der Waals surface area contributed by atoms with Gasteiger partial charge in [0.15, 0.2) is 5.01 Å². The molecule has 1 aromatic heterocycles. The van der Waals surface area contributed by atoms with Crippen molar-refractivity contribution in [3.8, 4) is 23.1 Å². The number of aliphatic hydroxyl groups is 1. The Morgan fingerprint density at radius 3 is 2.87 bits per heavy atom. The van der Waals surface area contributed by atoms with Crippen molar-refractivity contribution in [1.29, 1.82) is 5.26 Å². The van der Waals surface area contributed by atoms with Crippen molar-refractivity contribution < 1.29 is 14.6 Å². The number of nitriles is 1. The number of thiazole rings is 1. The van der Waals surface area contributed by atoms with Gasteiger partial charge in [-0.3, -0.25) is 4.79 Å². The van der Waals surface area contributed by atoms with Crippen molar-refractivity contribution in [2.45, 2.75) is 13.0 Å². The molecule has 0 radical (unpaired) electrons. The summed E-state index contributed by atoms with van der Waals surface area (Å²) in [6.07, 6.45) is -0.619. The molecule has 1 heterocycles. The number of rotatable bonds is 8. The van der Waals surface area contributed by atoms with Gasteiger partial charge >= 0.3 is 0 Å². The van der Waals surface area contributed by atoms with Gasteiger partial charge in [0.2, 0.25) is 0 Å². The van der Waals surface area contributed by atoms with E-state index in [-0.39, 0.29) is 12.5 Å². The Labute approximate surface area is 178 Å². The van der Waals surface area contributed by atoms with E-state index < -0.39 is 6.10 Å². The molecular weight excluding hydrogens is 400 g/mol. The smallest absolute Gasteiger partial charge is 0.280 e. The van der Waals surface area contributed by atoms with E-state index >= 15 is 0 Å². The van der Waals surface area contributed by atoms with E-state index in [9.17, 15) is 9.90 Å². The second-order valence-corrected chi connectivity index (χ2v) is 7.60. The number of nitrogens with zero attached hydrogens (tertiary/aromatic N) is 2. The van der Waals surface area contributed by atoms with E-state index in [1.54, 1.807) is 14.0 Å². The van der Waals surface area contributed by atoms with Crippen LogP contribution in [0, 0.1) is 11.3 Å². The first-order chi connectivity index (χ1) is 14.4. The van der Waals surface area contributed by atoms with E-state index in [0.717, 1.165) is 22.0 Å². The number of aliphatic hydroxyl groups excluding tert-OH is 1. The number of benzene rings is 2. The topological polar surface area (TPSA) is 107 Å². The van der Waals surface area contributed by atoms with Gasteiger partial charge in [0.25, 0.3) is 5.91 Å². The summed E-state index contributed by atoms with van der Waals surface area (Å²) in [5.74, 6) is 0.342. The molecule has 1 amide bonds. The van der Waals surface area contributed by atoms with E-state index in [1.165, 1.54) is 11.3 Å². The number of hydrogen-bond donors (Lipinski definition) is 3. The fourth-order valence-corrected chi connectivity index (χ4v) is 3.61. The molecule has 0 aliphatic heterocycles. The van der Waals surface area contributed by atoms with Crippen LogP contribution in [0.2, 0.25) is 0 Å². The molecule has 154 valence electrons. The third-order valence-electron chi connectivity index (χ3n) is 4.39. The summed E-state index contributed by atoms with van der Waals surface area (Å²) in [6, 6.07) is 11.7. The first-order valence-electron chi connectivity index (χ1n) is 9.27. The van der Waals surface area contributed by atoms with Crippen LogP contribution in [0.5, 0.6) is 5.75 Å². The van der Waals surface area contributed by atoms with Gasteiger partial charge in [0, 0.05) is 35.0 Å². The Balaban J connectivity index is 1.95. The van der Waals surface area contributed by atoms with Crippen LogP contribution < -0.4 is 15.4 Å². The average molecular weight is 423 g/mol. The molecule has 3 N–H and O–H groups in total. The van der Waals surface area contributed by atoms with Crippen LogP contribution in [-0.4, -0.2) is 42.3 Å². The summed E-state index contributed by atoms with van der Waals surface area (Å²) in [7, 11) is 1.59. The maximum Gasteiger partial charge on any atom is 0.280 e. The van der Waals surface area contributed by atoms with Crippen LogP contribution in [0.25, 0.3) is 22.0 Å². The van der Waals surface area contributed by atoms with Gasteiger partial charge in [-0.2, -0.15) is 5.26 Å². The molecule has 0 saturated carbocycles. The third-order valence-corrected chi connectivity index (χ3v) is 5.23. The minimum absolute atomic E-state index is 0.173. The van der Waals surface area contributed by atoms with E-state index in [0.29, 0.717) is 28.6 Å². The van der Waals surface area contributed by atoms with Gasteiger partial charge in [-0.25, -0.2) is 4.98 Å². The molecule has 0 spiro atoms. The lowest BCUT2D eigenvalue weighted by Crippen LogP contribution is -2.30. The minimum Gasteiger partial charge on any atom is -0.495 e. The normalized spacial score (nSPS) is 11.5. The molecule has 30 heavy (non-hydrogen) atoms. The first kappa shape index (κ1) is 21.3. The van der Waals surface area contributed by atoms with Crippen LogP contribution in [0.15, 0.2) is 47.9 Å². The molecule has 2 aromatic carbocycles. The van der Waals surface area contributed by atoms with Crippen molar-refractivity contribution in [2.24, 2.45) is 0 Å². The standard InChI is InChI=1S/C22H22N4O3S/c1-13(9-23)10-24-20-17-8-16(5-4-15(17)6-7-19(20)29-3)18-12-30-22(26-18)21(28)25-11-14(2)27/h4-8,12,14,24,27H,1,10-11H2,2-3H3,(H,25,28)/t14-/m0/s1. The highest BCUT2D eigenvalue weighted by atomic mass is 32.1. The maximum absolute atomic E-state index is 12.2. The van der Waals surface area contributed by atoms with Crippen LogP contribution >= 0.6 is 11.3 Å². The Morgan fingerprint density at radius 2 is 2.17 bits per heavy atom. The Morgan fingerprint density at radius 1 is 1.40 bits per heavy atom. The lowest BCUT2D eigenvalue weighted by Gasteiger charge is -2.14. The molecule has 0 aliphatic rings. The zero-order valence-corrected chi connectivity index (χ0v) is 17.5. The lowest BCUT2D eigenvalue weighted by atomic mass is 10.0. The molecule has 1 atom stereocenters. The van der Waals surface area contributed by atoms with Gasteiger partial charge < -0.3 is 20.5 Å². The van der Waals surface area contributed by atoms with Gasteiger partial charge in [-0.05, 0) is 24.4 Å². The van der Waals surface area contributed by atoms with Crippen LogP contribution in [0.3, 0.4) is 0 Å². The number of anilines is 1. The average Bonchev–Trinajstić information content (AvgIpc) is 3.25. The molecule has 0 fully saturated rings. The van der Waals surface area contributed by atoms with Crippen LogP contribution in [0.4, 0.5) is 5.69 Å². The summed E-state index contributed by atoms with van der Waals surface area (Å²) >= 11 is 1.25. The monoisotopic (exact) mass is 422 g/mol. The molecule has 0 aliphatic carbocycles. The van der Waals surface area contributed by atoms with Crippen LogP contribution in [0.1, 0.15) is 16.7 Å². The van der Waals surface area contributed by atoms with Crippen molar-refractivity contribution in [3.63, 3.8) is 0 Å².